The van der Waals surface area contributed by atoms with Crippen LogP contribution in [0.3, 0.4) is 0 Å². The second-order valence-electron chi connectivity index (χ2n) is 17.6. The lowest BCUT2D eigenvalue weighted by atomic mass is 9.62. The topological polar surface area (TPSA) is 31.4 Å². The summed E-state index contributed by atoms with van der Waals surface area (Å²) in [6, 6.07) is 91.2. The fourth-order valence-corrected chi connectivity index (χ4v) is 11.1. The van der Waals surface area contributed by atoms with Crippen LogP contribution in [0.25, 0.3) is 77.9 Å². The van der Waals surface area contributed by atoms with Crippen LogP contribution in [0.1, 0.15) is 22.3 Å². The van der Waals surface area contributed by atoms with Gasteiger partial charge in [0.25, 0.3) is 0 Å². The predicted molar refractivity (Wildman–Crippen MR) is 281 cm³/mol. The Morgan fingerprint density at radius 3 is 1.04 bits per heavy atom. The smallest absolute Gasteiger partial charge is 0.224 e. The van der Waals surface area contributed by atoms with Crippen LogP contribution >= 0.6 is 0 Å². The van der Waals surface area contributed by atoms with E-state index in [1.807, 2.05) is 24.4 Å². The van der Waals surface area contributed by atoms with Crippen molar-refractivity contribution in [3.05, 3.63) is 283 Å². The monoisotopic (exact) mass is 881 g/mol. The molecule has 3 nitrogen and oxygen atoms in total. The summed E-state index contributed by atoms with van der Waals surface area (Å²) in [5, 5.41) is 0. The molecule has 13 rings (SSSR count). The van der Waals surface area contributed by atoms with Gasteiger partial charge in [0.2, 0.25) is 5.88 Å². The molecule has 2 aliphatic heterocycles. The van der Waals surface area contributed by atoms with Crippen LogP contribution < -0.4 is 9.47 Å². The average molecular weight is 882 g/mol. The van der Waals surface area contributed by atoms with Crippen molar-refractivity contribution < 1.29 is 9.47 Å². The van der Waals surface area contributed by atoms with Gasteiger partial charge in [0.1, 0.15) is 17.2 Å². The Morgan fingerprint density at radius 2 is 0.609 bits per heavy atom. The predicted octanol–water partition coefficient (Wildman–Crippen LogP) is 17.3. The van der Waals surface area contributed by atoms with E-state index < -0.39 is 5.41 Å². The largest absolute Gasteiger partial charge is 0.457 e. The van der Waals surface area contributed by atoms with E-state index in [4.69, 9.17) is 14.5 Å². The minimum Gasteiger partial charge on any atom is -0.457 e. The summed E-state index contributed by atoms with van der Waals surface area (Å²) in [5.74, 6) is 3.00. The van der Waals surface area contributed by atoms with Crippen LogP contribution in [0, 0.1) is 0 Å². The Kier molecular flexibility index (Phi) is 9.73. The molecule has 0 fully saturated rings. The maximum atomic E-state index is 7.02. The summed E-state index contributed by atoms with van der Waals surface area (Å²) in [7, 11) is 0. The molecule has 1 aromatic heterocycles. The minimum absolute atomic E-state index is 0.584. The molecule has 0 radical (unpaired) electrons. The zero-order valence-corrected chi connectivity index (χ0v) is 37.6. The van der Waals surface area contributed by atoms with Gasteiger partial charge in [-0.25, -0.2) is 4.98 Å². The first-order valence-electron chi connectivity index (χ1n) is 23.5. The number of benzene rings is 10. The highest BCUT2D eigenvalue weighted by molar-refractivity contribution is 6.15. The lowest BCUT2D eigenvalue weighted by Crippen LogP contribution is -2.37. The maximum Gasteiger partial charge on any atom is 0.224 e. The van der Waals surface area contributed by atoms with Gasteiger partial charge in [-0.15, -0.1) is 0 Å². The van der Waals surface area contributed by atoms with E-state index in [2.05, 4.69) is 237 Å². The molecule has 1 spiro atoms. The summed E-state index contributed by atoms with van der Waals surface area (Å²) in [6.07, 6.45) is 1.82. The fourth-order valence-electron chi connectivity index (χ4n) is 11.1. The van der Waals surface area contributed by atoms with E-state index in [0.29, 0.717) is 5.88 Å². The number of para-hydroxylation sites is 3. The molecule has 324 valence electrons. The van der Waals surface area contributed by atoms with Crippen LogP contribution in [-0.2, 0) is 5.41 Å². The molecule has 0 unspecified atom stereocenters. The number of hydrogen-bond donors (Lipinski definition) is 0. The Labute approximate surface area is 402 Å². The summed E-state index contributed by atoms with van der Waals surface area (Å²) in [4.78, 5) is 4.91. The average Bonchev–Trinajstić information content (AvgIpc) is 3.43. The molecule has 0 amide bonds. The van der Waals surface area contributed by atoms with E-state index in [-0.39, 0.29) is 0 Å². The highest BCUT2D eigenvalue weighted by atomic mass is 16.5. The van der Waals surface area contributed by atoms with Crippen molar-refractivity contribution in [3.63, 3.8) is 0 Å². The highest BCUT2D eigenvalue weighted by Crippen LogP contribution is 2.62. The van der Waals surface area contributed by atoms with Gasteiger partial charge in [-0.3, -0.25) is 0 Å². The fraction of sp³-hybridized carbons (Fsp3) is 0.0152. The molecule has 0 aliphatic carbocycles. The van der Waals surface area contributed by atoms with Crippen LogP contribution in [0.15, 0.2) is 261 Å². The van der Waals surface area contributed by atoms with Crippen molar-refractivity contribution in [1.29, 1.82) is 0 Å². The SMILES string of the molecule is c1ccc(-c2c(-c3ccccc3)c(-c3ccccc3)c(-c3ccc(-c4cccc5c4Oc4ncccc4C54c5ccccc5Oc5ccccc54)cc3)c(-c3ccccc3)c2-c2ccccc2)cc1. The molecule has 0 N–H and O–H groups in total. The van der Waals surface area contributed by atoms with Gasteiger partial charge in [0, 0.05) is 34.0 Å². The van der Waals surface area contributed by atoms with E-state index in [9.17, 15) is 0 Å². The van der Waals surface area contributed by atoms with E-state index in [1.54, 1.807) is 0 Å². The normalized spacial score (nSPS) is 12.7. The number of aromatic nitrogens is 1. The van der Waals surface area contributed by atoms with E-state index in [1.165, 1.54) is 27.8 Å². The van der Waals surface area contributed by atoms with Crippen LogP contribution in [0.2, 0.25) is 0 Å². The number of hydrogen-bond acceptors (Lipinski definition) is 3. The van der Waals surface area contributed by atoms with Crippen molar-refractivity contribution >= 4 is 0 Å². The molecular weight excluding hydrogens is 839 g/mol. The first-order chi connectivity index (χ1) is 34.3. The van der Waals surface area contributed by atoms with Gasteiger partial charge < -0.3 is 9.47 Å². The number of pyridine rings is 1. The number of nitrogens with zero attached hydrogens (tertiary/aromatic N) is 1. The summed E-state index contributed by atoms with van der Waals surface area (Å²) in [5.41, 5.74) is 19.3. The summed E-state index contributed by atoms with van der Waals surface area (Å²) in [6.45, 7) is 0. The first-order valence-corrected chi connectivity index (χ1v) is 23.5. The van der Waals surface area contributed by atoms with Gasteiger partial charge in [-0.1, -0.05) is 237 Å². The number of rotatable bonds is 7. The molecule has 0 atom stereocenters. The molecule has 3 heterocycles. The lowest BCUT2D eigenvalue weighted by molar-refractivity contribution is 0.390. The second-order valence-corrected chi connectivity index (χ2v) is 17.6. The van der Waals surface area contributed by atoms with Gasteiger partial charge in [0.15, 0.2) is 0 Å². The quantitative estimate of drug-likeness (QED) is 0.160. The molecular formula is C66H43NO2. The van der Waals surface area contributed by atoms with Crippen molar-refractivity contribution in [3.8, 4) is 101 Å². The van der Waals surface area contributed by atoms with Gasteiger partial charge in [0.05, 0.1) is 5.41 Å². The van der Waals surface area contributed by atoms with Crippen LogP contribution in [0.4, 0.5) is 0 Å². The molecule has 0 saturated heterocycles. The second kappa shape index (κ2) is 16.7. The summed E-state index contributed by atoms with van der Waals surface area (Å²) < 4.78 is 13.7. The molecule has 0 saturated carbocycles. The Hall–Kier alpha value is -9.05. The zero-order chi connectivity index (χ0) is 45.7. The zero-order valence-electron chi connectivity index (χ0n) is 37.6. The van der Waals surface area contributed by atoms with Crippen LogP contribution in [-0.4, -0.2) is 4.98 Å². The van der Waals surface area contributed by atoms with Crippen molar-refractivity contribution in [2.24, 2.45) is 0 Å². The van der Waals surface area contributed by atoms with E-state index >= 15 is 0 Å². The molecule has 0 bridgehead atoms. The minimum atomic E-state index is -0.740. The standard InChI is InChI=1S/C66H43NO2/c1-6-22-45(23-7-1)58-59(46-24-8-2-9-25-46)61(48-28-12-4-13-29-48)63(62(49-30-14-5-15-31-49)60(58)47-26-10-3-11-27-47)50-41-39-44(40-42-50)51-32-20-35-54-64(51)69-65-55(36-21-43-67-65)66(54)52-33-16-18-37-56(52)68-57-38-19-17-34-53(57)66/h1-43H. The van der Waals surface area contributed by atoms with Crippen molar-refractivity contribution in [1.82, 2.24) is 4.98 Å². The summed E-state index contributed by atoms with van der Waals surface area (Å²) >= 11 is 0. The van der Waals surface area contributed by atoms with Gasteiger partial charge in [-0.2, -0.15) is 0 Å². The first kappa shape index (κ1) is 40.2. The molecule has 3 heteroatoms. The van der Waals surface area contributed by atoms with Crippen LogP contribution in [0.5, 0.6) is 23.1 Å². The van der Waals surface area contributed by atoms with Crippen molar-refractivity contribution in [2.75, 3.05) is 0 Å². The molecule has 10 aromatic carbocycles. The third-order valence-corrected chi connectivity index (χ3v) is 13.9. The maximum absolute atomic E-state index is 7.02. The third kappa shape index (κ3) is 6.47. The van der Waals surface area contributed by atoms with Gasteiger partial charge in [-0.05, 0) is 90.5 Å². The Balaban J connectivity index is 1.10. The molecule has 11 aromatic rings. The highest BCUT2D eigenvalue weighted by Gasteiger charge is 2.51. The Bertz CT molecular complexity index is 3520. The number of ether oxygens (including phenoxy) is 2. The van der Waals surface area contributed by atoms with E-state index in [0.717, 1.165) is 89.6 Å². The van der Waals surface area contributed by atoms with Crippen molar-refractivity contribution in [2.45, 2.75) is 5.41 Å². The molecule has 2 aliphatic rings. The lowest BCUT2D eigenvalue weighted by Gasteiger charge is -2.44. The Morgan fingerprint density at radius 1 is 0.261 bits per heavy atom. The number of fused-ring (bicyclic) bond motifs is 8. The third-order valence-electron chi connectivity index (χ3n) is 13.9. The van der Waals surface area contributed by atoms with Gasteiger partial charge >= 0.3 is 0 Å². The molecule has 69 heavy (non-hydrogen) atoms.